The first-order valence-corrected chi connectivity index (χ1v) is 6.35. The van der Waals surface area contributed by atoms with Gasteiger partial charge in [-0.15, -0.1) is 0 Å². The largest absolute Gasteiger partial charge is 0.508 e. The zero-order valence-electron chi connectivity index (χ0n) is 10.2. The molecule has 0 fully saturated rings. The zero-order valence-corrected chi connectivity index (χ0v) is 11.7. The molecule has 2 aromatic rings. The highest BCUT2D eigenvalue weighted by atomic mass is 35.5. The fraction of sp³-hybridized carbons (Fsp3) is 0.143. The smallest absolute Gasteiger partial charge is 0.170 e. The van der Waals surface area contributed by atoms with Crippen molar-refractivity contribution >= 4 is 29.0 Å². The predicted octanol–water partition coefficient (Wildman–Crippen LogP) is 3.83. The molecule has 0 atom stereocenters. The number of hydrogen-bond acceptors (Lipinski definition) is 3. The quantitative estimate of drug-likeness (QED) is 0.876. The van der Waals surface area contributed by atoms with Gasteiger partial charge in [0, 0.05) is 24.4 Å². The number of Topliss-reactive ketones (excluding diaryl/α,β-unsaturated/α-hetero) is 1. The zero-order chi connectivity index (χ0) is 14.0. The van der Waals surface area contributed by atoms with E-state index in [0.717, 1.165) is 5.56 Å². The Hall–Kier alpha value is -1.58. The van der Waals surface area contributed by atoms with Gasteiger partial charge in [0.15, 0.2) is 5.78 Å². The maximum absolute atomic E-state index is 12.2. The van der Waals surface area contributed by atoms with Crippen LogP contribution >= 0.6 is 23.2 Å². The van der Waals surface area contributed by atoms with Gasteiger partial charge in [-0.2, -0.15) is 0 Å². The van der Waals surface area contributed by atoms with Crippen LogP contribution < -0.4 is 0 Å². The average molecular weight is 296 g/mol. The van der Waals surface area contributed by atoms with E-state index in [1.54, 1.807) is 18.2 Å². The topological polar surface area (TPSA) is 50.2 Å². The van der Waals surface area contributed by atoms with Crippen LogP contribution in [0.1, 0.15) is 21.5 Å². The van der Waals surface area contributed by atoms with Crippen LogP contribution in [0.2, 0.25) is 10.0 Å². The lowest BCUT2D eigenvalue weighted by atomic mass is 10.0. The minimum absolute atomic E-state index is 0.0387. The molecule has 0 amide bonds. The van der Waals surface area contributed by atoms with Crippen LogP contribution in [0, 0.1) is 6.92 Å². The molecule has 0 bridgehead atoms. The molecule has 3 nitrogen and oxygen atoms in total. The fourth-order valence-corrected chi connectivity index (χ4v) is 2.37. The van der Waals surface area contributed by atoms with Crippen molar-refractivity contribution in [2.45, 2.75) is 13.3 Å². The van der Waals surface area contributed by atoms with Crippen LogP contribution in [0.25, 0.3) is 0 Å². The fourth-order valence-electron chi connectivity index (χ4n) is 1.79. The molecule has 0 saturated carbocycles. The summed E-state index contributed by atoms with van der Waals surface area (Å²) < 4.78 is 0. The second-order valence-corrected chi connectivity index (χ2v) is 5.02. The van der Waals surface area contributed by atoms with Crippen molar-refractivity contribution in [3.8, 4) is 5.75 Å². The van der Waals surface area contributed by atoms with Crippen LogP contribution in [0.4, 0.5) is 0 Å². The summed E-state index contributed by atoms with van der Waals surface area (Å²) in [5.74, 6) is -0.168. The van der Waals surface area contributed by atoms with Gasteiger partial charge >= 0.3 is 0 Å². The highest BCUT2D eigenvalue weighted by Crippen LogP contribution is 2.26. The number of phenols is 1. The Morgan fingerprint density at radius 3 is 2.53 bits per heavy atom. The SMILES string of the molecule is Cc1ccc(O)c(CC(=O)c2c(Cl)cncc2Cl)c1. The summed E-state index contributed by atoms with van der Waals surface area (Å²) in [6, 6.07) is 5.10. The van der Waals surface area contributed by atoms with Crippen molar-refractivity contribution in [3.05, 3.63) is 57.3 Å². The first-order valence-electron chi connectivity index (χ1n) is 5.59. The number of carbonyl (C=O) groups is 1. The number of rotatable bonds is 3. The average Bonchev–Trinajstić information content (AvgIpc) is 2.33. The molecule has 2 rings (SSSR count). The monoisotopic (exact) mass is 295 g/mol. The number of benzene rings is 1. The van der Waals surface area contributed by atoms with Crippen LogP contribution in [0.3, 0.4) is 0 Å². The van der Waals surface area contributed by atoms with Gasteiger partial charge < -0.3 is 5.11 Å². The van der Waals surface area contributed by atoms with Crippen molar-refractivity contribution < 1.29 is 9.90 Å². The van der Waals surface area contributed by atoms with Crippen molar-refractivity contribution in [2.75, 3.05) is 0 Å². The minimum atomic E-state index is -0.252. The number of ketones is 1. The van der Waals surface area contributed by atoms with Gasteiger partial charge in [-0.05, 0) is 13.0 Å². The molecule has 1 N–H and O–H groups in total. The van der Waals surface area contributed by atoms with Crippen LogP contribution in [-0.4, -0.2) is 15.9 Å². The number of halogens is 2. The molecule has 0 aliphatic carbocycles. The van der Waals surface area contributed by atoms with Crippen molar-refractivity contribution in [3.63, 3.8) is 0 Å². The molecular weight excluding hydrogens is 285 g/mol. The van der Waals surface area contributed by atoms with E-state index in [4.69, 9.17) is 23.2 Å². The third-order valence-electron chi connectivity index (χ3n) is 2.72. The number of hydrogen-bond donors (Lipinski definition) is 1. The van der Waals surface area contributed by atoms with Crippen molar-refractivity contribution in [1.29, 1.82) is 0 Å². The summed E-state index contributed by atoms with van der Waals surface area (Å²) in [6.07, 6.45) is 2.78. The van der Waals surface area contributed by atoms with Crippen molar-refractivity contribution in [2.24, 2.45) is 0 Å². The number of nitrogens with zero attached hydrogens (tertiary/aromatic N) is 1. The summed E-state index contributed by atoms with van der Waals surface area (Å²) in [6.45, 7) is 1.89. The lowest BCUT2D eigenvalue weighted by molar-refractivity contribution is 0.0992. The molecule has 19 heavy (non-hydrogen) atoms. The molecule has 1 heterocycles. The first-order chi connectivity index (χ1) is 8.99. The van der Waals surface area contributed by atoms with Crippen LogP contribution in [0.15, 0.2) is 30.6 Å². The van der Waals surface area contributed by atoms with Gasteiger partial charge in [-0.25, -0.2) is 0 Å². The third-order valence-corrected chi connectivity index (χ3v) is 3.29. The number of carbonyl (C=O) groups excluding carboxylic acids is 1. The Bertz CT molecular complexity index is 621. The number of aryl methyl sites for hydroxylation is 1. The van der Waals surface area contributed by atoms with Crippen LogP contribution in [0.5, 0.6) is 5.75 Å². The lowest BCUT2D eigenvalue weighted by Gasteiger charge is -2.07. The van der Waals surface area contributed by atoms with E-state index in [9.17, 15) is 9.90 Å². The second kappa shape index (κ2) is 5.59. The molecule has 0 aliphatic heterocycles. The van der Waals surface area contributed by atoms with Gasteiger partial charge in [0.05, 0.1) is 15.6 Å². The summed E-state index contributed by atoms with van der Waals surface area (Å²) in [5, 5.41) is 10.2. The first kappa shape index (κ1) is 13.8. The van der Waals surface area contributed by atoms with E-state index in [1.165, 1.54) is 12.4 Å². The summed E-state index contributed by atoms with van der Waals surface area (Å²) in [4.78, 5) is 16.0. The second-order valence-electron chi connectivity index (χ2n) is 4.21. The highest BCUT2D eigenvalue weighted by molar-refractivity contribution is 6.39. The Morgan fingerprint density at radius 2 is 1.89 bits per heavy atom. The Morgan fingerprint density at radius 1 is 1.26 bits per heavy atom. The van der Waals surface area contributed by atoms with Gasteiger partial charge in [0.2, 0.25) is 0 Å². The standard InChI is InChI=1S/C14H11Cl2NO2/c1-8-2-3-12(18)9(4-8)5-13(19)14-10(15)6-17-7-11(14)16/h2-4,6-7,18H,5H2,1H3. The molecule has 1 aromatic carbocycles. The Balaban J connectivity index is 2.34. The molecule has 0 aliphatic rings. The normalized spacial score (nSPS) is 10.5. The minimum Gasteiger partial charge on any atom is -0.508 e. The maximum Gasteiger partial charge on any atom is 0.170 e. The molecule has 0 saturated heterocycles. The summed E-state index contributed by atoms with van der Waals surface area (Å²) >= 11 is 11.9. The molecule has 0 radical (unpaired) electrons. The van der Waals surface area contributed by atoms with E-state index in [-0.39, 0.29) is 33.6 Å². The van der Waals surface area contributed by atoms with Gasteiger partial charge in [0.1, 0.15) is 5.75 Å². The number of pyridine rings is 1. The maximum atomic E-state index is 12.2. The lowest BCUT2D eigenvalue weighted by Crippen LogP contribution is -2.06. The van der Waals surface area contributed by atoms with Gasteiger partial charge in [-0.3, -0.25) is 9.78 Å². The molecule has 0 spiro atoms. The van der Waals surface area contributed by atoms with E-state index < -0.39 is 0 Å². The Labute approximate surface area is 120 Å². The summed E-state index contributed by atoms with van der Waals surface area (Å²) in [7, 11) is 0. The van der Waals surface area contributed by atoms with E-state index in [0.29, 0.717) is 5.56 Å². The molecular formula is C14H11Cl2NO2. The van der Waals surface area contributed by atoms with Gasteiger partial charge in [0.25, 0.3) is 0 Å². The molecule has 0 unspecified atom stereocenters. The number of aromatic hydroxyl groups is 1. The molecule has 5 heteroatoms. The van der Waals surface area contributed by atoms with Crippen molar-refractivity contribution in [1.82, 2.24) is 4.98 Å². The number of phenolic OH excluding ortho intramolecular Hbond substituents is 1. The van der Waals surface area contributed by atoms with E-state index in [2.05, 4.69) is 4.98 Å². The van der Waals surface area contributed by atoms with Gasteiger partial charge in [-0.1, -0.05) is 40.9 Å². The predicted molar refractivity (Wildman–Crippen MR) is 75.1 cm³/mol. The highest BCUT2D eigenvalue weighted by Gasteiger charge is 2.17. The van der Waals surface area contributed by atoms with E-state index >= 15 is 0 Å². The summed E-state index contributed by atoms with van der Waals surface area (Å²) in [5.41, 5.74) is 1.75. The molecule has 98 valence electrons. The molecule has 1 aromatic heterocycles. The number of aromatic nitrogens is 1. The van der Waals surface area contributed by atoms with Crippen LogP contribution in [-0.2, 0) is 6.42 Å². The van der Waals surface area contributed by atoms with E-state index in [1.807, 2.05) is 6.92 Å². The Kier molecular flexibility index (Phi) is 4.08. The third kappa shape index (κ3) is 3.06.